The zero-order valence-electron chi connectivity index (χ0n) is 9.10. The summed E-state index contributed by atoms with van der Waals surface area (Å²) in [6.45, 7) is 1.87. The minimum Gasteiger partial charge on any atom is -0.477 e. The van der Waals surface area contributed by atoms with Crippen molar-refractivity contribution in [3.8, 4) is 11.1 Å². The van der Waals surface area contributed by atoms with Crippen LogP contribution in [0.2, 0.25) is 0 Å². The zero-order chi connectivity index (χ0) is 12.4. The summed E-state index contributed by atoms with van der Waals surface area (Å²) in [5, 5.41) is 8.87. The normalized spacial score (nSPS) is 10.2. The average molecular weight is 230 g/mol. The molecule has 0 aliphatic carbocycles. The van der Waals surface area contributed by atoms with Crippen LogP contribution in [0.4, 0.5) is 0 Å². The van der Waals surface area contributed by atoms with Crippen molar-refractivity contribution < 1.29 is 9.90 Å². The SMILES string of the molecule is Cc1cnccc1-c1c[nH]c(=O)c(C(=O)O)c1. The molecule has 0 aromatic carbocycles. The molecule has 0 aliphatic rings. The third-order valence-corrected chi connectivity index (χ3v) is 2.46. The summed E-state index contributed by atoms with van der Waals surface area (Å²) in [6, 6.07) is 3.14. The number of aromatic carboxylic acids is 1. The Hall–Kier alpha value is -2.43. The molecule has 2 heterocycles. The summed E-state index contributed by atoms with van der Waals surface area (Å²) in [6.07, 6.45) is 4.80. The lowest BCUT2D eigenvalue weighted by Crippen LogP contribution is -2.16. The minimum absolute atomic E-state index is 0.265. The van der Waals surface area contributed by atoms with E-state index in [0.717, 1.165) is 11.1 Å². The Labute approximate surface area is 96.8 Å². The molecule has 0 spiro atoms. The molecule has 86 valence electrons. The molecule has 0 saturated carbocycles. The number of aryl methyl sites for hydroxylation is 1. The number of carboxylic acid groups (broad SMARTS) is 1. The maximum absolute atomic E-state index is 11.3. The van der Waals surface area contributed by atoms with Crippen LogP contribution in [0.1, 0.15) is 15.9 Å². The van der Waals surface area contributed by atoms with Crippen molar-refractivity contribution in [3.63, 3.8) is 0 Å². The molecule has 2 aromatic heterocycles. The molecular formula is C12H10N2O3. The van der Waals surface area contributed by atoms with Crippen LogP contribution in [0.25, 0.3) is 11.1 Å². The van der Waals surface area contributed by atoms with Crippen LogP contribution in [0, 0.1) is 6.92 Å². The Morgan fingerprint density at radius 3 is 2.88 bits per heavy atom. The van der Waals surface area contributed by atoms with Gasteiger partial charge >= 0.3 is 5.97 Å². The molecule has 0 fully saturated rings. The Kier molecular flexibility index (Phi) is 2.74. The first-order chi connectivity index (χ1) is 8.09. The van der Waals surface area contributed by atoms with Crippen LogP contribution in [-0.2, 0) is 0 Å². The van der Waals surface area contributed by atoms with Crippen LogP contribution in [-0.4, -0.2) is 21.0 Å². The predicted octanol–water partition coefficient (Wildman–Crippen LogP) is 1.44. The fraction of sp³-hybridized carbons (Fsp3) is 0.0833. The number of aromatic amines is 1. The smallest absolute Gasteiger partial charge is 0.341 e. The van der Waals surface area contributed by atoms with E-state index in [9.17, 15) is 9.59 Å². The molecule has 0 unspecified atom stereocenters. The van der Waals surface area contributed by atoms with Crippen molar-refractivity contribution in [1.29, 1.82) is 0 Å². The summed E-state index contributed by atoms with van der Waals surface area (Å²) in [7, 11) is 0. The lowest BCUT2D eigenvalue weighted by molar-refractivity contribution is 0.0695. The second-order valence-corrected chi connectivity index (χ2v) is 3.63. The van der Waals surface area contributed by atoms with Gasteiger partial charge in [-0.2, -0.15) is 0 Å². The average Bonchev–Trinajstić information content (AvgIpc) is 2.30. The van der Waals surface area contributed by atoms with E-state index in [1.807, 2.05) is 6.92 Å². The van der Waals surface area contributed by atoms with Gasteiger partial charge < -0.3 is 10.1 Å². The van der Waals surface area contributed by atoms with E-state index in [0.29, 0.717) is 5.56 Å². The van der Waals surface area contributed by atoms with Gasteiger partial charge in [-0.3, -0.25) is 9.78 Å². The molecule has 0 bridgehead atoms. The van der Waals surface area contributed by atoms with Crippen LogP contribution in [0.15, 0.2) is 35.5 Å². The second-order valence-electron chi connectivity index (χ2n) is 3.63. The second kappa shape index (κ2) is 4.21. The molecule has 0 amide bonds. The molecule has 2 aromatic rings. The van der Waals surface area contributed by atoms with Crippen molar-refractivity contribution in [2.45, 2.75) is 6.92 Å². The lowest BCUT2D eigenvalue weighted by Gasteiger charge is -2.05. The van der Waals surface area contributed by atoms with Crippen LogP contribution in [0.3, 0.4) is 0 Å². The van der Waals surface area contributed by atoms with E-state index in [4.69, 9.17) is 5.11 Å². The van der Waals surface area contributed by atoms with Crippen molar-refractivity contribution >= 4 is 5.97 Å². The Balaban J connectivity index is 2.62. The Morgan fingerprint density at radius 2 is 2.24 bits per heavy atom. The fourth-order valence-corrected chi connectivity index (χ4v) is 1.60. The van der Waals surface area contributed by atoms with Gasteiger partial charge in [-0.25, -0.2) is 4.79 Å². The van der Waals surface area contributed by atoms with E-state index < -0.39 is 11.5 Å². The number of rotatable bonds is 2. The highest BCUT2D eigenvalue weighted by atomic mass is 16.4. The highest BCUT2D eigenvalue weighted by Crippen LogP contribution is 2.21. The van der Waals surface area contributed by atoms with Crippen molar-refractivity contribution in [1.82, 2.24) is 9.97 Å². The van der Waals surface area contributed by atoms with E-state index in [-0.39, 0.29) is 5.56 Å². The third-order valence-electron chi connectivity index (χ3n) is 2.46. The first-order valence-electron chi connectivity index (χ1n) is 4.96. The largest absolute Gasteiger partial charge is 0.477 e. The van der Waals surface area contributed by atoms with Gasteiger partial charge in [0.25, 0.3) is 5.56 Å². The number of aromatic nitrogens is 2. The molecule has 5 nitrogen and oxygen atoms in total. The minimum atomic E-state index is -1.24. The number of H-pyrrole nitrogens is 1. The maximum atomic E-state index is 11.3. The number of nitrogens with zero attached hydrogens (tertiary/aromatic N) is 1. The fourth-order valence-electron chi connectivity index (χ4n) is 1.60. The maximum Gasteiger partial charge on any atom is 0.341 e. The number of pyridine rings is 2. The van der Waals surface area contributed by atoms with Crippen molar-refractivity contribution in [2.75, 3.05) is 0 Å². The molecule has 5 heteroatoms. The number of carboxylic acids is 1. The van der Waals surface area contributed by atoms with E-state index >= 15 is 0 Å². The van der Waals surface area contributed by atoms with Crippen molar-refractivity contribution in [3.05, 3.63) is 52.2 Å². The van der Waals surface area contributed by atoms with Gasteiger partial charge in [0.05, 0.1) is 0 Å². The molecule has 0 saturated heterocycles. The van der Waals surface area contributed by atoms with Gasteiger partial charge in [0.1, 0.15) is 5.56 Å². The quantitative estimate of drug-likeness (QED) is 0.817. The van der Waals surface area contributed by atoms with Gasteiger partial charge in [0, 0.05) is 18.6 Å². The van der Waals surface area contributed by atoms with Gasteiger partial charge in [0.2, 0.25) is 0 Å². The standard InChI is InChI=1S/C12H10N2O3/c1-7-5-13-3-2-9(7)8-4-10(12(16)17)11(15)14-6-8/h2-6H,1H3,(H,14,15)(H,16,17). The first-order valence-corrected chi connectivity index (χ1v) is 4.96. The molecule has 0 aliphatic heterocycles. The van der Waals surface area contributed by atoms with Gasteiger partial charge in [0.15, 0.2) is 0 Å². The van der Waals surface area contributed by atoms with Crippen LogP contribution >= 0.6 is 0 Å². The molecule has 0 atom stereocenters. The monoisotopic (exact) mass is 230 g/mol. The first kappa shape index (κ1) is 11.1. The molecule has 2 rings (SSSR count). The van der Waals surface area contributed by atoms with E-state index in [2.05, 4.69) is 9.97 Å². The third kappa shape index (κ3) is 2.08. The molecule has 2 N–H and O–H groups in total. The summed E-state index contributed by atoms with van der Waals surface area (Å²) >= 11 is 0. The van der Waals surface area contributed by atoms with E-state index in [1.54, 1.807) is 18.5 Å². The number of hydrogen-bond donors (Lipinski definition) is 2. The Morgan fingerprint density at radius 1 is 1.47 bits per heavy atom. The van der Waals surface area contributed by atoms with Gasteiger partial charge in [-0.1, -0.05) is 0 Å². The molecule has 17 heavy (non-hydrogen) atoms. The van der Waals surface area contributed by atoms with Crippen molar-refractivity contribution in [2.24, 2.45) is 0 Å². The lowest BCUT2D eigenvalue weighted by atomic mass is 10.0. The number of hydrogen-bond acceptors (Lipinski definition) is 3. The summed E-state index contributed by atoms with van der Waals surface area (Å²) in [5.74, 6) is -1.24. The summed E-state index contributed by atoms with van der Waals surface area (Å²) in [4.78, 5) is 28.5. The van der Waals surface area contributed by atoms with Crippen LogP contribution in [0.5, 0.6) is 0 Å². The topological polar surface area (TPSA) is 83.0 Å². The Bertz CT molecular complexity index is 632. The van der Waals surface area contributed by atoms with Gasteiger partial charge in [-0.15, -0.1) is 0 Å². The molecular weight excluding hydrogens is 220 g/mol. The van der Waals surface area contributed by atoms with Gasteiger partial charge in [-0.05, 0) is 35.7 Å². The van der Waals surface area contributed by atoms with Crippen LogP contribution < -0.4 is 5.56 Å². The summed E-state index contributed by atoms with van der Waals surface area (Å²) < 4.78 is 0. The highest BCUT2D eigenvalue weighted by molar-refractivity contribution is 5.88. The number of carbonyl (C=O) groups is 1. The summed E-state index contributed by atoms with van der Waals surface area (Å²) in [5.41, 5.74) is 1.54. The van der Waals surface area contributed by atoms with E-state index in [1.165, 1.54) is 12.3 Å². The predicted molar refractivity (Wildman–Crippen MR) is 62.0 cm³/mol. The number of nitrogens with one attached hydrogen (secondary N) is 1. The zero-order valence-corrected chi connectivity index (χ0v) is 9.10. The highest BCUT2D eigenvalue weighted by Gasteiger charge is 2.11. The molecule has 0 radical (unpaired) electrons.